The van der Waals surface area contributed by atoms with E-state index in [1.165, 1.54) is 11.1 Å². The van der Waals surface area contributed by atoms with Crippen LogP contribution in [-0.2, 0) is 5.75 Å². The highest BCUT2D eigenvalue weighted by atomic mass is 32.2. The number of aryl methyl sites for hydroxylation is 1. The molecule has 0 spiro atoms. The fourth-order valence-electron chi connectivity index (χ4n) is 2.00. The van der Waals surface area contributed by atoms with Crippen LogP contribution >= 0.6 is 11.8 Å². The molecule has 1 rings (SSSR count). The van der Waals surface area contributed by atoms with Gasteiger partial charge in [-0.05, 0) is 38.0 Å². The highest BCUT2D eigenvalue weighted by molar-refractivity contribution is 8.13. The number of hydrogen-bond donors (Lipinski definition) is 1. The van der Waals surface area contributed by atoms with Crippen LogP contribution in [0.15, 0.2) is 84.1 Å². The monoisotopic (exact) mass is 352 g/mol. The molecule has 0 aliphatic carbocycles. The van der Waals surface area contributed by atoms with E-state index in [4.69, 9.17) is 0 Å². The second kappa shape index (κ2) is 12.2. The molecule has 0 bridgehead atoms. The molecule has 25 heavy (non-hydrogen) atoms. The van der Waals surface area contributed by atoms with Crippen LogP contribution in [-0.4, -0.2) is 18.3 Å². The first kappa shape index (κ1) is 20.8. The quantitative estimate of drug-likeness (QED) is 0.217. The number of nitrogens with one attached hydrogen (secondary N) is 1. The lowest BCUT2D eigenvalue weighted by Crippen LogP contribution is -2.33. The Morgan fingerprint density at radius 2 is 2.04 bits per heavy atom. The molecule has 3 heteroatoms. The van der Waals surface area contributed by atoms with Crippen molar-refractivity contribution >= 4 is 16.9 Å². The molecule has 0 aliphatic rings. The van der Waals surface area contributed by atoms with Crippen LogP contribution in [0.25, 0.3) is 0 Å². The first-order chi connectivity index (χ1) is 12.1. The third-order valence-electron chi connectivity index (χ3n) is 3.51. The summed E-state index contributed by atoms with van der Waals surface area (Å²) in [6.45, 7) is 11.9. The van der Waals surface area contributed by atoms with Crippen molar-refractivity contribution in [2.24, 2.45) is 4.99 Å². The average molecular weight is 353 g/mol. The largest absolute Gasteiger partial charge is 0.358 e. The lowest BCUT2D eigenvalue weighted by atomic mass is 10.1. The Labute approximate surface area is 156 Å². The van der Waals surface area contributed by atoms with Gasteiger partial charge in [0.15, 0.2) is 5.17 Å². The third kappa shape index (κ3) is 8.99. The fraction of sp³-hybridized carbons (Fsp3) is 0.273. The molecule has 132 valence electrons. The van der Waals surface area contributed by atoms with Gasteiger partial charge >= 0.3 is 0 Å². The summed E-state index contributed by atoms with van der Waals surface area (Å²) < 4.78 is 0. The summed E-state index contributed by atoms with van der Waals surface area (Å²) >= 11 is 1.71. The van der Waals surface area contributed by atoms with E-state index in [0.29, 0.717) is 0 Å². The second-order valence-corrected chi connectivity index (χ2v) is 6.71. The number of amidine groups is 1. The molecule has 0 saturated heterocycles. The molecule has 0 radical (unpaired) electrons. The van der Waals surface area contributed by atoms with Crippen LogP contribution in [0.1, 0.15) is 24.5 Å². The van der Waals surface area contributed by atoms with Crippen LogP contribution in [0, 0.1) is 6.92 Å². The molecule has 1 aromatic carbocycles. The van der Waals surface area contributed by atoms with Crippen molar-refractivity contribution in [3.8, 4) is 0 Å². The summed E-state index contributed by atoms with van der Waals surface area (Å²) in [4.78, 5) is 4.38. The maximum Gasteiger partial charge on any atom is 0.157 e. The minimum absolute atomic E-state index is 0.164. The van der Waals surface area contributed by atoms with E-state index in [1.807, 2.05) is 26.1 Å². The van der Waals surface area contributed by atoms with E-state index in [1.54, 1.807) is 23.9 Å². The maximum atomic E-state index is 4.38. The molecular weight excluding hydrogens is 324 g/mol. The Bertz CT molecular complexity index is 674. The van der Waals surface area contributed by atoms with E-state index in [-0.39, 0.29) is 6.04 Å². The summed E-state index contributed by atoms with van der Waals surface area (Å²) in [5.74, 6) is 0.897. The summed E-state index contributed by atoms with van der Waals surface area (Å²) in [7, 11) is 1.82. The van der Waals surface area contributed by atoms with Crippen LogP contribution in [0.2, 0.25) is 0 Å². The minimum atomic E-state index is 0.164. The first-order valence-corrected chi connectivity index (χ1v) is 9.31. The lowest BCUT2D eigenvalue weighted by Gasteiger charge is -2.19. The van der Waals surface area contributed by atoms with Crippen molar-refractivity contribution < 1.29 is 0 Å². The molecule has 1 N–H and O–H groups in total. The van der Waals surface area contributed by atoms with E-state index in [9.17, 15) is 0 Å². The smallest absolute Gasteiger partial charge is 0.157 e. The Morgan fingerprint density at radius 1 is 1.32 bits per heavy atom. The number of allylic oxidation sites excluding steroid dienone is 3. The van der Waals surface area contributed by atoms with Crippen LogP contribution in [0.5, 0.6) is 0 Å². The van der Waals surface area contributed by atoms with Crippen molar-refractivity contribution in [3.05, 3.63) is 90.2 Å². The van der Waals surface area contributed by atoms with E-state index < -0.39 is 0 Å². The molecule has 0 unspecified atom stereocenters. The van der Waals surface area contributed by atoms with Gasteiger partial charge in [0.25, 0.3) is 0 Å². The van der Waals surface area contributed by atoms with Gasteiger partial charge in [0.2, 0.25) is 0 Å². The van der Waals surface area contributed by atoms with E-state index in [0.717, 1.165) is 22.9 Å². The normalized spacial score (nSPS) is 12.4. The molecule has 0 amide bonds. The van der Waals surface area contributed by atoms with Gasteiger partial charge in [0.1, 0.15) is 0 Å². The van der Waals surface area contributed by atoms with Gasteiger partial charge in [-0.15, -0.1) is 5.73 Å². The molecular formula is C22H28N2S. The molecule has 0 fully saturated rings. The minimum Gasteiger partial charge on any atom is -0.358 e. The van der Waals surface area contributed by atoms with Gasteiger partial charge in [0.05, 0.1) is 6.04 Å². The van der Waals surface area contributed by atoms with Gasteiger partial charge in [-0.25, -0.2) is 0 Å². The Kier molecular flexibility index (Phi) is 10.2. The number of hydrogen-bond acceptors (Lipinski definition) is 2. The molecule has 1 aromatic rings. The molecule has 1 atom stereocenters. The predicted octanol–water partition coefficient (Wildman–Crippen LogP) is 5.59. The molecule has 0 saturated carbocycles. The number of benzene rings is 1. The highest BCUT2D eigenvalue weighted by Gasteiger charge is 2.10. The van der Waals surface area contributed by atoms with Gasteiger partial charge in [-0.1, -0.05) is 78.5 Å². The standard InChI is InChI=1S/C22H28N2S/c1-6-7-8-9-10-11-12-21(18(2)3)24-22(23-5)25-17-20-15-13-19(4)14-16-20/h6-7,9-11,13-16,21H,1-2,12,17H2,3-5H3,(H,23,24)/b11-10+/t8?,21-/m0/s1. The number of nitrogens with zero attached hydrogens (tertiary/aromatic N) is 1. The molecule has 0 aromatic heterocycles. The lowest BCUT2D eigenvalue weighted by molar-refractivity contribution is 0.707. The van der Waals surface area contributed by atoms with Gasteiger partial charge < -0.3 is 5.32 Å². The fourth-order valence-corrected chi connectivity index (χ4v) is 2.85. The zero-order valence-corrected chi connectivity index (χ0v) is 16.3. The Balaban J connectivity index is 2.58. The van der Waals surface area contributed by atoms with Gasteiger partial charge in [-0.3, -0.25) is 4.99 Å². The molecule has 2 nitrogen and oxygen atoms in total. The number of aliphatic imine (C=N–C) groups is 1. The molecule has 0 heterocycles. The van der Waals surface area contributed by atoms with Crippen molar-refractivity contribution in [2.75, 3.05) is 7.05 Å². The summed E-state index contributed by atoms with van der Waals surface area (Å²) in [6, 6.07) is 8.77. The second-order valence-electron chi connectivity index (χ2n) is 5.75. The summed E-state index contributed by atoms with van der Waals surface area (Å²) in [6.07, 6.45) is 10.3. The van der Waals surface area contributed by atoms with Crippen molar-refractivity contribution in [1.29, 1.82) is 0 Å². The summed E-state index contributed by atoms with van der Waals surface area (Å²) in [5, 5.41) is 4.43. The van der Waals surface area contributed by atoms with Crippen LogP contribution < -0.4 is 5.32 Å². The zero-order chi connectivity index (χ0) is 18.5. The molecule has 0 aliphatic heterocycles. The average Bonchev–Trinajstić information content (AvgIpc) is 2.61. The van der Waals surface area contributed by atoms with Crippen LogP contribution in [0.3, 0.4) is 0 Å². The maximum absolute atomic E-state index is 4.38. The third-order valence-corrected chi connectivity index (χ3v) is 4.56. The van der Waals surface area contributed by atoms with E-state index >= 15 is 0 Å². The number of rotatable bonds is 8. The Hall–Kier alpha value is -2.22. The first-order valence-electron chi connectivity index (χ1n) is 8.32. The van der Waals surface area contributed by atoms with Crippen molar-refractivity contribution in [1.82, 2.24) is 5.32 Å². The summed E-state index contributed by atoms with van der Waals surface area (Å²) in [5.41, 5.74) is 6.67. The van der Waals surface area contributed by atoms with Gasteiger partial charge in [0, 0.05) is 12.8 Å². The van der Waals surface area contributed by atoms with Crippen molar-refractivity contribution in [2.45, 2.75) is 32.1 Å². The van der Waals surface area contributed by atoms with Gasteiger partial charge in [-0.2, -0.15) is 0 Å². The number of thioether (sulfide) groups is 1. The highest BCUT2D eigenvalue weighted by Crippen LogP contribution is 2.15. The van der Waals surface area contributed by atoms with Crippen molar-refractivity contribution in [3.63, 3.8) is 0 Å². The van der Waals surface area contributed by atoms with E-state index in [2.05, 4.69) is 66.5 Å². The Morgan fingerprint density at radius 3 is 2.64 bits per heavy atom. The predicted molar refractivity (Wildman–Crippen MR) is 114 cm³/mol. The van der Waals surface area contributed by atoms with Crippen LogP contribution in [0.4, 0.5) is 0 Å². The SMILES string of the molecule is C=CC=C=C/C=C/C[C@H](NC(=NC)SCc1ccc(C)cc1)C(=C)C. The zero-order valence-electron chi connectivity index (χ0n) is 15.5. The topological polar surface area (TPSA) is 24.4 Å².